The summed E-state index contributed by atoms with van der Waals surface area (Å²) in [5.74, 6) is 0.933. The van der Waals surface area contributed by atoms with Crippen molar-refractivity contribution in [1.29, 1.82) is 0 Å². The van der Waals surface area contributed by atoms with Crippen LogP contribution in [-0.2, 0) is 19.4 Å². The van der Waals surface area contributed by atoms with Gasteiger partial charge in [-0.1, -0.05) is 12.8 Å². The van der Waals surface area contributed by atoms with Crippen LogP contribution in [0.15, 0.2) is 0 Å². The molecule has 112 valence electrons. The first-order chi connectivity index (χ1) is 9.38. The average Bonchev–Trinajstić information content (AvgIpc) is 2.75. The van der Waals surface area contributed by atoms with E-state index in [0.29, 0.717) is 6.54 Å². The lowest BCUT2D eigenvalue weighted by Gasteiger charge is -2.24. The van der Waals surface area contributed by atoms with E-state index in [9.17, 15) is 0 Å². The summed E-state index contributed by atoms with van der Waals surface area (Å²) < 4.78 is 0. The van der Waals surface area contributed by atoms with Crippen LogP contribution in [0.4, 0.5) is 5.95 Å². The van der Waals surface area contributed by atoms with Gasteiger partial charge < -0.3 is 10.6 Å². The molecule has 1 fully saturated rings. The number of aryl methyl sites for hydroxylation is 1. The fourth-order valence-electron chi connectivity index (χ4n) is 3.24. The standard InChI is InChI=1S/C15H24N4.ClH/c16-11-14-12-7-3-4-8-13(12)17-15(18-14)19-9-5-1-2-6-10-19;/h1-11,16H2;1H. The minimum absolute atomic E-state index is 0. The minimum Gasteiger partial charge on any atom is -0.341 e. The number of hydrogen-bond donors (Lipinski definition) is 1. The van der Waals surface area contributed by atoms with Gasteiger partial charge in [0.1, 0.15) is 0 Å². The third-order valence-electron chi connectivity index (χ3n) is 4.34. The van der Waals surface area contributed by atoms with Crippen molar-refractivity contribution < 1.29 is 0 Å². The monoisotopic (exact) mass is 296 g/mol. The summed E-state index contributed by atoms with van der Waals surface area (Å²) in [6.45, 7) is 2.75. The maximum Gasteiger partial charge on any atom is 0.225 e. The number of anilines is 1. The van der Waals surface area contributed by atoms with Crippen LogP contribution >= 0.6 is 12.4 Å². The van der Waals surface area contributed by atoms with Crippen LogP contribution in [0.2, 0.25) is 0 Å². The van der Waals surface area contributed by atoms with Gasteiger partial charge in [0.15, 0.2) is 0 Å². The van der Waals surface area contributed by atoms with E-state index >= 15 is 0 Å². The molecule has 0 atom stereocenters. The molecule has 0 bridgehead atoms. The van der Waals surface area contributed by atoms with E-state index in [1.807, 2.05) is 0 Å². The highest BCUT2D eigenvalue weighted by Gasteiger charge is 2.20. The molecule has 1 aliphatic heterocycles. The lowest BCUT2D eigenvalue weighted by atomic mass is 9.94. The Morgan fingerprint density at radius 3 is 2.30 bits per heavy atom. The lowest BCUT2D eigenvalue weighted by Crippen LogP contribution is -2.28. The van der Waals surface area contributed by atoms with Crippen molar-refractivity contribution in [3.63, 3.8) is 0 Å². The highest BCUT2D eigenvalue weighted by Crippen LogP contribution is 2.25. The molecule has 3 rings (SSSR count). The van der Waals surface area contributed by atoms with Crippen LogP contribution in [0.3, 0.4) is 0 Å². The average molecular weight is 297 g/mol. The molecule has 4 nitrogen and oxygen atoms in total. The van der Waals surface area contributed by atoms with Gasteiger partial charge in [0.2, 0.25) is 5.95 Å². The molecule has 0 aromatic carbocycles. The first-order valence-electron chi connectivity index (χ1n) is 7.72. The summed E-state index contributed by atoms with van der Waals surface area (Å²) in [6.07, 6.45) is 9.93. The van der Waals surface area contributed by atoms with Crippen molar-refractivity contribution in [2.45, 2.75) is 57.9 Å². The summed E-state index contributed by atoms with van der Waals surface area (Å²) in [7, 11) is 0. The highest BCUT2D eigenvalue weighted by molar-refractivity contribution is 5.85. The Morgan fingerprint density at radius 1 is 0.900 bits per heavy atom. The third-order valence-corrected chi connectivity index (χ3v) is 4.34. The molecule has 2 aliphatic rings. The Labute approximate surface area is 127 Å². The topological polar surface area (TPSA) is 55.0 Å². The normalized spacial score (nSPS) is 18.9. The molecule has 0 spiro atoms. The zero-order chi connectivity index (χ0) is 13.1. The molecular weight excluding hydrogens is 272 g/mol. The summed E-state index contributed by atoms with van der Waals surface area (Å²) in [5.41, 5.74) is 9.59. The van der Waals surface area contributed by atoms with Crippen LogP contribution in [0.25, 0.3) is 0 Å². The first kappa shape index (κ1) is 15.5. The molecule has 1 aliphatic carbocycles. The lowest BCUT2D eigenvalue weighted by molar-refractivity contribution is 0.643. The fourth-order valence-corrected chi connectivity index (χ4v) is 3.24. The van der Waals surface area contributed by atoms with Crippen molar-refractivity contribution in [2.24, 2.45) is 5.73 Å². The van der Waals surface area contributed by atoms with Gasteiger partial charge in [0.25, 0.3) is 0 Å². The van der Waals surface area contributed by atoms with Crippen LogP contribution in [-0.4, -0.2) is 23.1 Å². The number of rotatable bonds is 2. The van der Waals surface area contributed by atoms with E-state index < -0.39 is 0 Å². The molecular formula is C15H25ClN4. The fraction of sp³-hybridized carbons (Fsp3) is 0.733. The molecule has 2 heterocycles. The van der Waals surface area contributed by atoms with Gasteiger partial charge in [-0.25, -0.2) is 9.97 Å². The summed E-state index contributed by atoms with van der Waals surface area (Å²) in [5, 5.41) is 0. The van der Waals surface area contributed by atoms with E-state index in [-0.39, 0.29) is 12.4 Å². The Morgan fingerprint density at radius 2 is 1.60 bits per heavy atom. The van der Waals surface area contributed by atoms with E-state index in [4.69, 9.17) is 15.7 Å². The quantitative estimate of drug-likeness (QED) is 0.911. The molecule has 5 heteroatoms. The molecule has 1 saturated heterocycles. The second kappa shape index (κ2) is 7.23. The summed E-state index contributed by atoms with van der Waals surface area (Å²) in [6, 6.07) is 0. The number of halogens is 1. The van der Waals surface area contributed by atoms with E-state index in [1.54, 1.807) is 0 Å². The molecule has 0 unspecified atom stereocenters. The van der Waals surface area contributed by atoms with E-state index in [1.165, 1.54) is 49.8 Å². The van der Waals surface area contributed by atoms with E-state index in [0.717, 1.165) is 37.6 Å². The Bertz CT molecular complexity index is 424. The van der Waals surface area contributed by atoms with Gasteiger partial charge in [-0.2, -0.15) is 0 Å². The second-order valence-electron chi connectivity index (χ2n) is 5.71. The van der Waals surface area contributed by atoms with Crippen LogP contribution in [0.5, 0.6) is 0 Å². The maximum atomic E-state index is 5.89. The van der Waals surface area contributed by atoms with Gasteiger partial charge >= 0.3 is 0 Å². The number of nitrogens with two attached hydrogens (primary N) is 1. The Balaban J connectivity index is 0.00000147. The Kier molecular flexibility index (Phi) is 5.61. The smallest absolute Gasteiger partial charge is 0.225 e. The first-order valence-corrected chi connectivity index (χ1v) is 7.72. The highest BCUT2D eigenvalue weighted by atomic mass is 35.5. The Hall–Kier alpha value is -0.870. The number of nitrogens with zero attached hydrogens (tertiary/aromatic N) is 3. The van der Waals surface area contributed by atoms with Crippen molar-refractivity contribution in [1.82, 2.24) is 9.97 Å². The van der Waals surface area contributed by atoms with Gasteiger partial charge in [0, 0.05) is 25.3 Å². The molecule has 2 N–H and O–H groups in total. The predicted octanol–water partition coefficient (Wildman–Crippen LogP) is 2.62. The number of fused-ring (bicyclic) bond motifs is 1. The van der Waals surface area contributed by atoms with Gasteiger partial charge in [-0.3, -0.25) is 0 Å². The van der Waals surface area contributed by atoms with Gasteiger partial charge in [0.05, 0.1) is 5.69 Å². The summed E-state index contributed by atoms with van der Waals surface area (Å²) in [4.78, 5) is 12.0. The van der Waals surface area contributed by atoms with Crippen molar-refractivity contribution in [3.05, 3.63) is 17.0 Å². The van der Waals surface area contributed by atoms with Crippen molar-refractivity contribution in [3.8, 4) is 0 Å². The zero-order valence-electron chi connectivity index (χ0n) is 12.1. The summed E-state index contributed by atoms with van der Waals surface area (Å²) >= 11 is 0. The number of hydrogen-bond acceptors (Lipinski definition) is 4. The third kappa shape index (κ3) is 3.23. The van der Waals surface area contributed by atoms with E-state index in [2.05, 4.69) is 4.90 Å². The number of aromatic nitrogens is 2. The van der Waals surface area contributed by atoms with Crippen molar-refractivity contribution in [2.75, 3.05) is 18.0 Å². The molecule has 1 aromatic rings. The molecule has 20 heavy (non-hydrogen) atoms. The SMILES string of the molecule is Cl.NCc1nc(N2CCCCCC2)nc2c1CCCC2. The second-order valence-corrected chi connectivity index (χ2v) is 5.71. The van der Waals surface area contributed by atoms with Crippen molar-refractivity contribution >= 4 is 18.4 Å². The minimum atomic E-state index is 0. The molecule has 1 aromatic heterocycles. The van der Waals surface area contributed by atoms with Crippen LogP contribution < -0.4 is 10.6 Å². The van der Waals surface area contributed by atoms with Crippen LogP contribution in [0.1, 0.15) is 55.5 Å². The van der Waals surface area contributed by atoms with Gasteiger partial charge in [-0.05, 0) is 44.1 Å². The molecule has 0 radical (unpaired) electrons. The van der Waals surface area contributed by atoms with Crippen LogP contribution in [0, 0.1) is 0 Å². The molecule has 0 amide bonds. The largest absolute Gasteiger partial charge is 0.341 e. The maximum absolute atomic E-state index is 5.89. The zero-order valence-corrected chi connectivity index (χ0v) is 12.9. The predicted molar refractivity (Wildman–Crippen MR) is 84.5 cm³/mol. The van der Waals surface area contributed by atoms with Gasteiger partial charge in [-0.15, -0.1) is 12.4 Å². The molecule has 0 saturated carbocycles.